The number of nitrogens with two attached hydrogens (primary N) is 1. The summed E-state index contributed by atoms with van der Waals surface area (Å²) in [5.74, 6) is -0.167. The second-order valence-electron chi connectivity index (χ2n) is 4.82. The summed E-state index contributed by atoms with van der Waals surface area (Å²) in [6, 6.07) is 6.82. The lowest BCUT2D eigenvalue weighted by atomic mass is 10.1. The van der Waals surface area contributed by atoms with Crippen molar-refractivity contribution < 1.29 is 4.39 Å². The molecule has 0 atom stereocenters. The van der Waals surface area contributed by atoms with Crippen LogP contribution in [0.15, 0.2) is 30.5 Å². The highest BCUT2D eigenvalue weighted by Gasteiger charge is 2.08. The van der Waals surface area contributed by atoms with Crippen LogP contribution in [0.5, 0.6) is 0 Å². The minimum atomic E-state index is -0.167. The quantitative estimate of drug-likeness (QED) is 0.841. The van der Waals surface area contributed by atoms with E-state index < -0.39 is 0 Å². The molecular weight excluding hydrogens is 309 g/mol. The molecular formula is C15H21ClFN3S. The maximum Gasteiger partial charge on any atom is 0.180 e. The van der Waals surface area contributed by atoms with Gasteiger partial charge in [0.2, 0.25) is 0 Å². The summed E-state index contributed by atoms with van der Waals surface area (Å²) < 4.78 is 13.2. The largest absolute Gasteiger partial charge is 0.375 e. The molecule has 0 fully saturated rings. The van der Waals surface area contributed by atoms with Gasteiger partial charge in [-0.3, -0.25) is 4.90 Å². The van der Waals surface area contributed by atoms with Crippen molar-refractivity contribution in [3.63, 3.8) is 0 Å². The van der Waals surface area contributed by atoms with E-state index in [-0.39, 0.29) is 18.2 Å². The first kappa shape index (κ1) is 17.9. The first-order chi connectivity index (χ1) is 9.67. The predicted octanol–water partition coefficient (Wildman–Crippen LogP) is 3.74. The highest BCUT2D eigenvalue weighted by Crippen LogP contribution is 2.17. The third kappa shape index (κ3) is 5.99. The van der Waals surface area contributed by atoms with Crippen LogP contribution in [0.4, 0.5) is 9.52 Å². The minimum Gasteiger partial charge on any atom is -0.375 e. The Balaban J connectivity index is 0.00000220. The molecule has 2 N–H and O–H groups in total. The van der Waals surface area contributed by atoms with Crippen LogP contribution in [0.3, 0.4) is 0 Å². The average molecular weight is 330 g/mol. The number of hydrogen-bond acceptors (Lipinski definition) is 4. The van der Waals surface area contributed by atoms with Crippen molar-refractivity contribution in [2.45, 2.75) is 26.3 Å². The van der Waals surface area contributed by atoms with E-state index in [2.05, 4.69) is 16.8 Å². The van der Waals surface area contributed by atoms with Gasteiger partial charge in [0.05, 0.1) is 0 Å². The van der Waals surface area contributed by atoms with Gasteiger partial charge in [-0.2, -0.15) is 0 Å². The topological polar surface area (TPSA) is 42.2 Å². The maximum atomic E-state index is 13.2. The van der Waals surface area contributed by atoms with Crippen LogP contribution in [0, 0.1) is 5.82 Å². The molecule has 0 saturated heterocycles. The van der Waals surface area contributed by atoms with Crippen molar-refractivity contribution in [3.05, 3.63) is 46.7 Å². The Hall–Kier alpha value is -1.17. The van der Waals surface area contributed by atoms with Crippen LogP contribution in [0.1, 0.15) is 23.8 Å². The Morgan fingerprint density at radius 3 is 2.76 bits per heavy atom. The zero-order valence-electron chi connectivity index (χ0n) is 12.1. The number of aromatic nitrogens is 1. The molecule has 2 rings (SSSR count). The highest BCUT2D eigenvalue weighted by molar-refractivity contribution is 7.15. The molecule has 1 aromatic heterocycles. The van der Waals surface area contributed by atoms with Crippen molar-refractivity contribution in [2.24, 2.45) is 0 Å². The molecule has 0 aliphatic carbocycles. The molecule has 0 amide bonds. The molecule has 0 bridgehead atoms. The van der Waals surface area contributed by atoms with Crippen LogP contribution >= 0.6 is 23.7 Å². The molecule has 3 nitrogen and oxygen atoms in total. The fourth-order valence-electron chi connectivity index (χ4n) is 2.18. The molecule has 1 aromatic carbocycles. The Morgan fingerprint density at radius 1 is 1.33 bits per heavy atom. The van der Waals surface area contributed by atoms with Crippen LogP contribution in [-0.2, 0) is 13.0 Å². The Bertz CT molecular complexity index is 547. The Labute approximate surface area is 135 Å². The van der Waals surface area contributed by atoms with Gasteiger partial charge in [0.1, 0.15) is 5.82 Å². The molecule has 0 spiro atoms. The Kier molecular flexibility index (Phi) is 7.64. The van der Waals surface area contributed by atoms with E-state index in [0.717, 1.165) is 38.0 Å². The van der Waals surface area contributed by atoms with Gasteiger partial charge in [-0.1, -0.05) is 19.1 Å². The second kappa shape index (κ2) is 8.97. The minimum absolute atomic E-state index is 0. The molecule has 21 heavy (non-hydrogen) atoms. The van der Waals surface area contributed by atoms with Gasteiger partial charge in [0, 0.05) is 24.2 Å². The van der Waals surface area contributed by atoms with Gasteiger partial charge in [-0.05, 0) is 37.1 Å². The summed E-state index contributed by atoms with van der Waals surface area (Å²) >= 11 is 1.53. The summed E-state index contributed by atoms with van der Waals surface area (Å²) in [5, 5.41) is 0.613. The smallest absolute Gasteiger partial charge is 0.180 e. The molecule has 0 aliphatic heterocycles. The molecule has 0 aliphatic rings. The second-order valence-corrected chi connectivity index (χ2v) is 5.97. The van der Waals surface area contributed by atoms with Crippen LogP contribution in [0.25, 0.3) is 0 Å². The van der Waals surface area contributed by atoms with E-state index in [0.29, 0.717) is 5.13 Å². The van der Waals surface area contributed by atoms with E-state index in [4.69, 9.17) is 5.73 Å². The first-order valence-electron chi connectivity index (χ1n) is 6.84. The van der Waals surface area contributed by atoms with Crippen molar-refractivity contribution >= 4 is 28.9 Å². The third-order valence-electron chi connectivity index (χ3n) is 3.10. The molecule has 6 heteroatoms. The van der Waals surface area contributed by atoms with E-state index >= 15 is 0 Å². The lowest BCUT2D eigenvalue weighted by Crippen LogP contribution is -2.26. The normalized spacial score (nSPS) is 10.6. The summed E-state index contributed by atoms with van der Waals surface area (Å²) in [7, 11) is 0. The standard InChI is InChI=1S/C15H20FN3S.ClH/c1-2-7-19(11-14-10-18-15(17)20-14)8-6-12-4-3-5-13(16)9-12;/h3-5,9-10H,2,6-8,11H2,1H3,(H2,17,18);1H. The number of benzene rings is 1. The van der Waals surface area contributed by atoms with Gasteiger partial charge < -0.3 is 5.73 Å². The average Bonchev–Trinajstić information content (AvgIpc) is 2.82. The number of hydrogen-bond donors (Lipinski definition) is 1. The summed E-state index contributed by atoms with van der Waals surface area (Å²) in [6.07, 6.45) is 3.79. The van der Waals surface area contributed by atoms with Crippen molar-refractivity contribution in [3.8, 4) is 0 Å². The monoisotopic (exact) mass is 329 g/mol. The maximum absolute atomic E-state index is 13.2. The molecule has 2 aromatic rings. The lowest BCUT2D eigenvalue weighted by molar-refractivity contribution is 0.271. The van der Waals surface area contributed by atoms with E-state index in [9.17, 15) is 4.39 Å². The van der Waals surface area contributed by atoms with Crippen LogP contribution in [0.2, 0.25) is 0 Å². The van der Waals surface area contributed by atoms with Gasteiger partial charge in [-0.25, -0.2) is 9.37 Å². The van der Waals surface area contributed by atoms with Gasteiger partial charge in [0.15, 0.2) is 5.13 Å². The fourth-order valence-corrected chi connectivity index (χ4v) is 2.91. The fraction of sp³-hybridized carbons (Fsp3) is 0.400. The summed E-state index contributed by atoms with van der Waals surface area (Å²) in [5.41, 5.74) is 6.69. The van der Waals surface area contributed by atoms with Crippen LogP contribution in [-0.4, -0.2) is 23.0 Å². The molecule has 116 valence electrons. The zero-order valence-corrected chi connectivity index (χ0v) is 13.7. The van der Waals surface area contributed by atoms with Gasteiger partial charge >= 0.3 is 0 Å². The lowest BCUT2D eigenvalue weighted by Gasteiger charge is -2.20. The van der Waals surface area contributed by atoms with E-state index in [1.807, 2.05) is 12.3 Å². The number of anilines is 1. The molecule has 0 saturated carbocycles. The number of thiazole rings is 1. The van der Waals surface area contributed by atoms with Crippen molar-refractivity contribution in [1.82, 2.24) is 9.88 Å². The third-order valence-corrected chi connectivity index (χ3v) is 3.91. The SMILES string of the molecule is CCCN(CCc1cccc(F)c1)Cc1cnc(N)s1.Cl. The zero-order chi connectivity index (χ0) is 14.4. The predicted molar refractivity (Wildman–Crippen MR) is 89.4 cm³/mol. The number of rotatable bonds is 7. The van der Waals surface area contributed by atoms with Gasteiger partial charge in [0.25, 0.3) is 0 Å². The molecule has 0 unspecified atom stereocenters. The molecule has 1 heterocycles. The van der Waals surface area contributed by atoms with Crippen molar-refractivity contribution in [1.29, 1.82) is 0 Å². The van der Waals surface area contributed by atoms with Crippen molar-refractivity contribution in [2.75, 3.05) is 18.8 Å². The number of halogens is 2. The Morgan fingerprint density at radius 2 is 2.14 bits per heavy atom. The van der Waals surface area contributed by atoms with Gasteiger partial charge in [-0.15, -0.1) is 23.7 Å². The molecule has 0 radical (unpaired) electrons. The van der Waals surface area contributed by atoms with Crippen LogP contribution < -0.4 is 5.73 Å². The first-order valence-corrected chi connectivity index (χ1v) is 7.66. The summed E-state index contributed by atoms with van der Waals surface area (Å²) in [6.45, 7) is 4.95. The van der Waals surface area contributed by atoms with E-state index in [1.165, 1.54) is 22.3 Å². The van der Waals surface area contributed by atoms with E-state index in [1.54, 1.807) is 12.1 Å². The number of nitrogens with zero attached hydrogens (tertiary/aromatic N) is 2. The summed E-state index contributed by atoms with van der Waals surface area (Å²) in [4.78, 5) is 7.61. The highest BCUT2D eigenvalue weighted by atomic mass is 35.5. The number of nitrogen functional groups attached to an aromatic ring is 1.